The quantitative estimate of drug-likeness (QED) is 0.714. The van der Waals surface area contributed by atoms with Gasteiger partial charge in [0.2, 0.25) is 5.91 Å². The molecule has 94 valence electrons. The predicted molar refractivity (Wildman–Crippen MR) is 64.0 cm³/mol. The zero-order valence-electron chi connectivity index (χ0n) is 10.4. The van der Waals surface area contributed by atoms with Gasteiger partial charge in [-0.1, -0.05) is 6.42 Å². The van der Waals surface area contributed by atoms with E-state index >= 15 is 0 Å². The van der Waals surface area contributed by atoms with Crippen molar-refractivity contribution in [3.63, 3.8) is 0 Å². The van der Waals surface area contributed by atoms with Crippen molar-refractivity contribution in [1.82, 2.24) is 5.32 Å². The van der Waals surface area contributed by atoms with Crippen molar-refractivity contribution in [2.24, 2.45) is 11.7 Å². The molecule has 1 saturated carbocycles. The standard InChI is InChI=1S/C12H24N2O2/c1-9(6-7-16-2)14-11-5-3-4-10(8-11)12(13)15/h9-11,14H,3-8H2,1-2H3,(H2,13,15). The summed E-state index contributed by atoms with van der Waals surface area (Å²) in [6.07, 6.45) is 5.12. The largest absolute Gasteiger partial charge is 0.385 e. The van der Waals surface area contributed by atoms with E-state index < -0.39 is 0 Å². The second kappa shape index (κ2) is 6.86. The fraction of sp³-hybridized carbons (Fsp3) is 0.917. The molecule has 1 aliphatic rings. The summed E-state index contributed by atoms with van der Waals surface area (Å²) in [5, 5.41) is 3.55. The van der Waals surface area contributed by atoms with Crippen molar-refractivity contribution in [1.29, 1.82) is 0 Å². The van der Waals surface area contributed by atoms with E-state index in [9.17, 15) is 4.79 Å². The molecule has 1 aliphatic carbocycles. The van der Waals surface area contributed by atoms with Crippen molar-refractivity contribution >= 4 is 5.91 Å². The molecule has 0 heterocycles. The summed E-state index contributed by atoms with van der Waals surface area (Å²) in [7, 11) is 1.72. The fourth-order valence-electron chi connectivity index (χ4n) is 2.38. The fourth-order valence-corrected chi connectivity index (χ4v) is 2.38. The molecule has 0 spiro atoms. The average molecular weight is 228 g/mol. The van der Waals surface area contributed by atoms with Crippen LogP contribution in [0.25, 0.3) is 0 Å². The van der Waals surface area contributed by atoms with Gasteiger partial charge in [-0.05, 0) is 32.6 Å². The van der Waals surface area contributed by atoms with E-state index in [0.717, 1.165) is 38.7 Å². The summed E-state index contributed by atoms with van der Waals surface area (Å²) >= 11 is 0. The molecule has 4 heteroatoms. The highest BCUT2D eigenvalue weighted by molar-refractivity contribution is 5.76. The number of nitrogens with one attached hydrogen (secondary N) is 1. The molecule has 0 saturated heterocycles. The lowest BCUT2D eigenvalue weighted by atomic mass is 9.85. The summed E-state index contributed by atoms with van der Waals surface area (Å²) < 4.78 is 5.05. The number of methoxy groups -OCH3 is 1. The topological polar surface area (TPSA) is 64.3 Å². The minimum atomic E-state index is -0.143. The van der Waals surface area contributed by atoms with Crippen molar-refractivity contribution in [3.8, 4) is 0 Å². The van der Waals surface area contributed by atoms with Crippen LogP contribution >= 0.6 is 0 Å². The molecule has 1 amide bonds. The van der Waals surface area contributed by atoms with Gasteiger partial charge < -0.3 is 15.8 Å². The van der Waals surface area contributed by atoms with Gasteiger partial charge in [-0.15, -0.1) is 0 Å². The van der Waals surface area contributed by atoms with Crippen LogP contribution in [-0.4, -0.2) is 31.7 Å². The van der Waals surface area contributed by atoms with E-state index in [1.54, 1.807) is 7.11 Å². The van der Waals surface area contributed by atoms with Crippen LogP contribution < -0.4 is 11.1 Å². The van der Waals surface area contributed by atoms with Crippen LogP contribution in [0.3, 0.4) is 0 Å². The number of hydrogen-bond acceptors (Lipinski definition) is 3. The van der Waals surface area contributed by atoms with Crippen LogP contribution in [0.2, 0.25) is 0 Å². The van der Waals surface area contributed by atoms with Crippen LogP contribution in [0.15, 0.2) is 0 Å². The molecule has 1 rings (SSSR count). The lowest BCUT2D eigenvalue weighted by molar-refractivity contribution is -0.122. The second-order valence-corrected chi connectivity index (χ2v) is 4.81. The lowest BCUT2D eigenvalue weighted by Crippen LogP contribution is -2.42. The molecule has 4 nitrogen and oxygen atoms in total. The van der Waals surface area contributed by atoms with Gasteiger partial charge in [0.1, 0.15) is 0 Å². The number of rotatable bonds is 6. The van der Waals surface area contributed by atoms with E-state index in [1.165, 1.54) is 0 Å². The molecule has 3 atom stereocenters. The molecule has 16 heavy (non-hydrogen) atoms. The van der Waals surface area contributed by atoms with Gasteiger partial charge in [0.15, 0.2) is 0 Å². The van der Waals surface area contributed by atoms with E-state index in [-0.39, 0.29) is 11.8 Å². The molecule has 3 N–H and O–H groups in total. The number of ether oxygens (including phenoxy) is 1. The second-order valence-electron chi connectivity index (χ2n) is 4.81. The Hall–Kier alpha value is -0.610. The normalized spacial score (nSPS) is 27.6. The number of amides is 1. The van der Waals surface area contributed by atoms with Gasteiger partial charge in [0.05, 0.1) is 0 Å². The van der Waals surface area contributed by atoms with Gasteiger partial charge in [0.25, 0.3) is 0 Å². The van der Waals surface area contributed by atoms with Crippen molar-refractivity contribution in [2.45, 2.75) is 51.1 Å². The number of hydrogen-bond donors (Lipinski definition) is 2. The average Bonchev–Trinajstić information content (AvgIpc) is 2.26. The smallest absolute Gasteiger partial charge is 0.220 e. The Morgan fingerprint density at radius 1 is 1.56 bits per heavy atom. The monoisotopic (exact) mass is 228 g/mol. The molecule has 0 aliphatic heterocycles. The number of nitrogens with two attached hydrogens (primary N) is 1. The van der Waals surface area contributed by atoms with Crippen molar-refractivity contribution in [2.75, 3.05) is 13.7 Å². The van der Waals surface area contributed by atoms with Crippen LogP contribution in [0, 0.1) is 5.92 Å². The third kappa shape index (κ3) is 4.49. The zero-order chi connectivity index (χ0) is 12.0. The molecule has 3 unspecified atom stereocenters. The Morgan fingerprint density at radius 2 is 2.31 bits per heavy atom. The Balaban J connectivity index is 2.28. The van der Waals surface area contributed by atoms with E-state index in [2.05, 4.69) is 12.2 Å². The SMILES string of the molecule is COCCC(C)NC1CCCC(C(N)=O)C1. The first kappa shape index (κ1) is 13.5. The highest BCUT2D eigenvalue weighted by Crippen LogP contribution is 2.24. The van der Waals surface area contributed by atoms with Crippen LogP contribution in [0.5, 0.6) is 0 Å². The zero-order valence-corrected chi connectivity index (χ0v) is 10.4. The maximum absolute atomic E-state index is 11.1. The van der Waals surface area contributed by atoms with Gasteiger partial charge in [-0.2, -0.15) is 0 Å². The van der Waals surface area contributed by atoms with Crippen LogP contribution in [0.4, 0.5) is 0 Å². The Bertz CT molecular complexity index is 221. The summed E-state index contributed by atoms with van der Waals surface area (Å²) in [6.45, 7) is 2.94. The highest BCUT2D eigenvalue weighted by Gasteiger charge is 2.26. The van der Waals surface area contributed by atoms with Crippen molar-refractivity contribution in [3.05, 3.63) is 0 Å². The summed E-state index contributed by atoms with van der Waals surface area (Å²) in [6, 6.07) is 0.884. The maximum Gasteiger partial charge on any atom is 0.220 e. The maximum atomic E-state index is 11.1. The minimum Gasteiger partial charge on any atom is -0.385 e. The first-order valence-electron chi connectivity index (χ1n) is 6.17. The van der Waals surface area contributed by atoms with E-state index in [1.807, 2.05) is 0 Å². The Morgan fingerprint density at radius 3 is 2.94 bits per heavy atom. The molecule has 0 radical (unpaired) electrons. The van der Waals surface area contributed by atoms with E-state index in [0.29, 0.717) is 12.1 Å². The Labute approximate surface area is 97.9 Å². The molecular formula is C12H24N2O2. The molecule has 0 aromatic carbocycles. The predicted octanol–water partition coefficient (Wildman–Crippen LogP) is 1.05. The summed E-state index contributed by atoms with van der Waals surface area (Å²) in [5.41, 5.74) is 5.35. The first-order valence-corrected chi connectivity index (χ1v) is 6.17. The van der Waals surface area contributed by atoms with Gasteiger partial charge >= 0.3 is 0 Å². The highest BCUT2D eigenvalue weighted by atomic mass is 16.5. The molecule has 0 bridgehead atoms. The van der Waals surface area contributed by atoms with Crippen molar-refractivity contribution < 1.29 is 9.53 Å². The lowest BCUT2D eigenvalue weighted by Gasteiger charge is -2.30. The van der Waals surface area contributed by atoms with Gasteiger partial charge in [0, 0.05) is 31.7 Å². The third-order valence-electron chi connectivity index (χ3n) is 3.35. The van der Waals surface area contributed by atoms with Crippen LogP contribution in [-0.2, 0) is 9.53 Å². The minimum absolute atomic E-state index is 0.0703. The third-order valence-corrected chi connectivity index (χ3v) is 3.35. The summed E-state index contributed by atoms with van der Waals surface area (Å²) in [4.78, 5) is 11.1. The first-order chi connectivity index (χ1) is 7.63. The molecule has 0 aromatic rings. The number of primary amides is 1. The molecule has 0 aromatic heterocycles. The number of carbonyl (C=O) groups excluding carboxylic acids is 1. The molecular weight excluding hydrogens is 204 g/mol. The van der Waals surface area contributed by atoms with Gasteiger partial charge in [-0.3, -0.25) is 4.79 Å². The van der Waals surface area contributed by atoms with E-state index in [4.69, 9.17) is 10.5 Å². The molecule has 1 fully saturated rings. The Kier molecular flexibility index (Phi) is 5.77. The van der Waals surface area contributed by atoms with Gasteiger partial charge in [-0.25, -0.2) is 0 Å². The van der Waals surface area contributed by atoms with Crippen LogP contribution in [0.1, 0.15) is 39.0 Å². The number of carbonyl (C=O) groups is 1. The summed E-state index contributed by atoms with van der Waals surface area (Å²) in [5.74, 6) is -0.0723.